The van der Waals surface area contributed by atoms with Crippen LogP contribution in [0.15, 0.2) is 126 Å². The van der Waals surface area contributed by atoms with Crippen molar-refractivity contribution >= 4 is 87.2 Å². The van der Waals surface area contributed by atoms with E-state index in [0.717, 1.165) is 121 Å². The third-order valence-corrected chi connectivity index (χ3v) is 16.4. The number of carbonyl (C=O) groups excluding carboxylic acids is 3. The van der Waals surface area contributed by atoms with E-state index in [1.165, 1.54) is 91.8 Å². The molecule has 79 heavy (non-hydrogen) atoms. The average molecular weight is 1110 g/mol. The molecule has 0 amide bonds. The fourth-order valence-electron chi connectivity index (χ4n) is 8.74. The number of thiophene rings is 3. The van der Waals surface area contributed by atoms with Crippen LogP contribution >= 0.6 is 34.0 Å². The largest absolute Gasteiger partial charge is 0.462 e. The Hall–Kier alpha value is -7.34. The molecule has 410 valence electrons. The lowest BCUT2D eigenvalue weighted by Crippen LogP contribution is -2.09. The summed E-state index contributed by atoms with van der Waals surface area (Å²) in [5, 5.41) is 29.5. The molecule has 0 fully saturated rings. The van der Waals surface area contributed by atoms with Crippen molar-refractivity contribution in [2.24, 2.45) is 0 Å². The van der Waals surface area contributed by atoms with Crippen LogP contribution in [0.4, 0.5) is 17.1 Å². The number of carbonyl (C=O) groups is 3. The Labute approximate surface area is 479 Å². The van der Waals surface area contributed by atoms with Gasteiger partial charge in [0.05, 0.1) is 19.8 Å². The number of esters is 3. The lowest BCUT2D eigenvalue weighted by Gasteiger charge is -2.26. The average Bonchev–Trinajstić information content (AvgIpc) is 4.28. The van der Waals surface area contributed by atoms with Crippen molar-refractivity contribution in [1.29, 1.82) is 15.8 Å². The summed E-state index contributed by atoms with van der Waals surface area (Å²) in [5.41, 5.74) is 5.58. The zero-order chi connectivity index (χ0) is 56.0. The second-order valence-electron chi connectivity index (χ2n) is 19.3. The lowest BCUT2D eigenvalue weighted by molar-refractivity contribution is -0.139. The number of ether oxygens (including phenoxy) is 3. The molecular formula is C66H72N4O6S3. The van der Waals surface area contributed by atoms with E-state index in [1.54, 1.807) is 18.2 Å². The minimum atomic E-state index is -0.602. The summed E-state index contributed by atoms with van der Waals surface area (Å²) in [6, 6.07) is 42.6. The van der Waals surface area contributed by atoms with Crippen LogP contribution in [-0.2, 0) is 28.6 Å². The second kappa shape index (κ2) is 33.8. The van der Waals surface area contributed by atoms with Crippen LogP contribution in [0.1, 0.15) is 151 Å². The molecule has 0 atom stereocenters. The van der Waals surface area contributed by atoms with Crippen LogP contribution < -0.4 is 4.90 Å². The predicted octanol–water partition coefficient (Wildman–Crippen LogP) is 18.8. The van der Waals surface area contributed by atoms with E-state index >= 15 is 0 Å². The standard InChI is InChI=1S/C66H72N4O6S3/c1-4-7-10-13-16-19-40-74-64(71)52(46-67)43-58-34-37-61(77-58)49-22-28-55(29-23-49)70(56-30-24-50(25-31-56)62-38-35-59(78-62)44-53(47-68)65(72)75-41-20-17-14-11-8-5-2)57-32-26-51(27-33-57)63-39-36-60(79-63)45-54(48-69)66(73)76-42-21-18-15-12-9-6-3/h22-39,43-45H,4-21,40-42H2,1-3H3/b52-43-,53-44+,54-45+. The van der Waals surface area contributed by atoms with Gasteiger partial charge in [0.1, 0.15) is 34.9 Å². The Balaban J connectivity index is 1.20. The summed E-state index contributed by atoms with van der Waals surface area (Å²) in [6.45, 7) is 7.43. The maximum Gasteiger partial charge on any atom is 0.348 e. The van der Waals surface area contributed by atoms with E-state index in [9.17, 15) is 30.2 Å². The van der Waals surface area contributed by atoms with E-state index in [4.69, 9.17) is 14.2 Å². The zero-order valence-corrected chi connectivity index (χ0v) is 48.4. The molecule has 6 rings (SSSR count). The van der Waals surface area contributed by atoms with Crippen molar-refractivity contribution in [3.05, 3.63) is 141 Å². The highest BCUT2D eigenvalue weighted by Crippen LogP contribution is 2.40. The summed E-state index contributed by atoms with van der Waals surface area (Å²) < 4.78 is 16.3. The normalized spacial score (nSPS) is 11.6. The van der Waals surface area contributed by atoms with Crippen molar-refractivity contribution in [3.8, 4) is 49.5 Å². The third-order valence-electron chi connectivity index (χ3n) is 13.2. The summed E-state index contributed by atoms with van der Waals surface area (Å²) in [6.07, 6.45) is 24.1. The number of hydrogen-bond donors (Lipinski definition) is 0. The van der Waals surface area contributed by atoms with Crippen LogP contribution in [0.2, 0.25) is 0 Å². The van der Waals surface area contributed by atoms with Gasteiger partial charge in [0.15, 0.2) is 0 Å². The predicted molar refractivity (Wildman–Crippen MR) is 325 cm³/mol. The lowest BCUT2D eigenvalue weighted by atomic mass is 10.1. The minimum absolute atomic E-state index is 0.0248. The number of benzene rings is 3. The van der Waals surface area contributed by atoms with Crippen molar-refractivity contribution in [2.75, 3.05) is 24.7 Å². The molecule has 6 aromatic rings. The third kappa shape index (κ3) is 19.5. The monoisotopic (exact) mass is 1110 g/mol. The highest BCUT2D eigenvalue weighted by molar-refractivity contribution is 7.17. The van der Waals surface area contributed by atoms with Gasteiger partial charge in [0.2, 0.25) is 0 Å². The smallest absolute Gasteiger partial charge is 0.348 e. The molecule has 0 unspecified atom stereocenters. The molecule has 13 heteroatoms. The van der Waals surface area contributed by atoms with Gasteiger partial charge in [-0.25, -0.2) is 14.4 Å². The molecule has 0 bridgehead atoms. The molecule has 0 saturated heterocycles. The molecular weight excluding hydrogens is 1040 g/mol. The van der Waals surface area contributed by atoms with Gasteiger partial charge in [-0.05, 0) is 127 Å². The first kappa shape index (κ1) is 60.9. The molecule has 3 aromatic heterocycles. The van der Waals surface area contributed by atoms with E-state index < -0.39 is 17.9 Å². The second-order valence-corrected chi connectivity index (χ2v) is 22.6. The van der Waals surface area contributed by atoms with Crippen LogP contribution in [-0.4, -0.2) is 37.7 Å². The Morgan fingerprint density at radius 2 is 0.633 bits per heavy atom. The molecule has 0 aliphatic rings. The Kier molecular flexibility index (Phi) is 26.1. The topological polar surface area (TPSA) is 154 Å². The van der Waals surface area contributed by atoms with Gasteiger partial charge in [0.25, 0.3) is 0 Å². The maximum atomic E-state index is 12.8. The van der Waals surface area contributed by atoms with E-state index in [2.05, 4.69) is 98.5 Å². The Morgan fingerprint density at radius 1 is 0.380 bits per heavy atom. The molecule has 0 spiro atoms. The molecule has 0 saturated carbocycles. The number of hydrogen-bond acceptors (Lipinski definition) is 13. The number of rotatable bonds is 33. The summed E-state index contributed by atoms with van der Waals surface area (Å²) in [7, 11) is 0. The van der Waals surface area contributed by atoms with Crippen molar-refractivity contribution in [2.45, 2.75) is 136 Å². The van der Waals surface area contributed by atoms with Crippen molar-refractivity contribution < 1.29 is 28.6 Å². The fraction of sp³-hybridized carbons (Fsp3) is 0.364. The van der Waals surface area contributed by atoms with Gasteiger partial charge in [-0.3, -0.25) is 0 Å². The first-order valence-electron chi connectivity index (χ1n) is 28.0. The van der Waals surface area contributed by atoms with Crippen molar-refractivity contribution in [3.63, 3.8) is 0 Å². The molecule has 3 aromatic carbocycles. The number of nitriles is 3. The number of unbranched alkanes of at least 4 members (excludes halogenated alkanes) is 15. The summed E-state index contributed by atoms with van der Waals surface area (Å²) in [4.78, 5) is 45.8. The molecule has 3 heterocycles. The van der Waals surface area contributed by atoms with Gasteiger partial charge in [-0.15, -0.1) is 34.0 Å². The van der Waals surface area contributed by atoms with Crippen LogP contribution in [0, 0.1) is 34.0 Å². The van der Waals surface area contributed by atoms with E-state index in [0.29, 0.717) is 19.8 Å². The summed E-state index contributed by atoms with van der Waals surface area (Å²) in [5.74, 6) is -1.81. The van der Waals surface area contributed by atoms with Gasteiger partial charge in [0, 0.05) is 46.3 Å². The van der Waals surface area contributed by atoms with E-state index in [-0.39, 0.29) is 16.7 Å². The van der Waals surface area contributed by atoms with E-state index in [1.807, 2.05) is 54.6 Å². The number of anilines is 3. The molecule has 0 aliphatic carbocycles. The van der Waals surface area contributed by atoms with Gasteiger partial charge < -0.3 is 19.1 Å². The van der Waals surface area contributed by atoms with Gasteiger partial charge in [-0.1, -0.05) is 153 Å². The molecule has 10 nitrogen and oxygen atoms in total. The molecule has 0 N–H and O–H groups in total. The highest BCUT2D eigenvalue weighted by Gasteiger charge is 2.18. The quantitative estimate of drug-likeness (QED) is 0.0128. The van der Waals surface area contributed by atoms with Crippen LogP contribution in [0.3, 0.4) is 0 Å². The molecule has 0 radical (unpaired) electrons. The number of nitrogens with zero attached hydrogens (tertiary/aromatic N) is 4. The van der Waals surface area contributed by atoms with Gasteiger partial charge >= 0.3 is 17.9 Å². The zero-order valence-electron chi connectivity index (χ0n) is 45.9. The Bertz CT molecular complexity index is 2770. The van der Waals surface area contributed by atoms with Crippen molar-refractivity contribution in [1.82, 2.24) is 0 Å². The Morgan fingerprint density at radius 3 is 0.886 bits per heavy atom. The maximum absolute atomic E-state index is 12.8. The van der Waals surface area contributed by atoms with Gasteiger partial charge in [-0.2, -0.15) is 15.8 Å². The van der Waals surface area contributed by atoms with Crippen LogP contribution in [0.5, 0.6) is 0 Å². The first-order chi connectivity index (χ1) is 38.7. The highest BCUT2D eigenvalue weighted by atomic mass is 32.1. The fourth-order valence-corrected chi connectivity index (χ4v) is 11.6. The SMILES string of the molecule is CCCCCCCCOC(=O)/C(C#N)=C\c1ccc(-c2ccc(N(c3ccc(-c4ccc(/C=C(\C#N)C(=O)OCCCCCCCC)s4)cc3)c3ccc(-c4ccc(/C=C(\C#N)C(=O)OCCCCCCCC)s4)cc3)cc2)s1. The van der Waals surface area contributed by atoms with Crippen LogP contribution in [0.25, 0.3) is 49.5 Å². The first-order valence-corrected chi connectivity index (χ1v) is 30.4. The minimum Gasteiger partial charge on any atom is -0.462 e. The molecule has 0 aliphatic heterocycles. The summed E-state index contributed by atoms with van der Waals surface area (Å²) >= 11 is 4.47.